The second kappa shape index (κ2) is 2.79. The molecule has 1 unspecified atom stereocenters. The lowest BCUT2D eigenvalue weighted by atomic mass is 9.93. The first-order chi connectivity index (χ1) is 5.72. The molecule has 0 aliphatic carbocycles. The van der Waals surface area contributed by atoms with Crippen molar-refractivity contribution in [3.63, 3.8) is 0 Å². The highest BCUT2D eigenvalue weighted by Gasteiger charge is 2.32. The third-order valence-electron chi connectivity index (χ3n) is 2.58. The molecule has 1 aromatic rings. The van der Waals surface area contributed by atoms with Crippen LogP contribution in [-0.2, 0) is 5.54 Å². The number of furan rings is 1. The van der Waals surface area contributed by atoms with Gasteiger partial charge in [0.1, 0.15) is 0 Å². The highest BCUT2D eigenvalue weighted by molar-refractivity contribution is 6.29. The SMILES string of the molecule is CC1(c2ccoc2Cl)CCCN1. The van der Waals surface area contributed by atoms with Gasteiger partial charge in [-0.2, -0.15) is 0 Å². The summed E-state index contributed by atoms with van der Waals surface area (Å²) >= 11 is 5.90. The summed E-state index contributed by atoms with van der Waals surface area (Å²) in [5.41, 5.74) is 1.12. The van der Waals surface area contributed by atoms with Gasteiger partial charge in [0.15, 0.2) is 5.22 Å². The number of hydrogen-bond donors (Lipinski definition) is 1. The van der Waals surface area contributed by atoms with Crippen molar-refractivity contribution < 1.29 is 4.42 Å². The quantitative estimate of drug-likeness (QED) is 0.728. The minimum Gasteiger partial charge on any atom is -0.453 e. The molecule has 2 nitrogen and oxygen atoms in total. The van der Waals surface area contributed by atoms with Crippen LogP contribution in [0.3, 0.4) is 0 Å². The van der Waals surface area contributed by atoms with E-state index < -0.39 is 0 Å². The lowest BCUT2D eigenvalue weighted by Gasteiger charge is -2.22. The minimum absolute atomic E-state index is 0.0318. The first kappa shape index (κ1) is 8.14. The summed E-state index contributed by atoms with van der Waals surface area (Å²) < 4.78 is 5.07. The standard InChI is InChI=1S/C9H12ClNO/c1-9(4-2-5-11-9)7-3-6-12-8(7)10/h3,6,11H,2,4-5H2,1H3. The van der Waals surface area contributed by atoms with Crippen LogP contribution in [0.5, 0.6) is 0 Å². The molecule has 0 radical (unpaired) electrons. The molecule has 0 amide bonds. The van der Waals surface area contributed by atoms with Crippen LogP contribution < -0.4 is 5.32 Å². The summed E-state index contributed by atoms with van der Waals surface area (Å²) in [7, 11) is 0. The van der Waals surface area contributed by atoms with Crippen LogP contribution in [0.25, 0.3) is 0 Å². The molecule has 1 aliphatic heterocycles. The Labute approximate surface area is 76.9 Å². The topological polar surface area (TPSA) is 25.2 Å². The van der Waals surface area contributed by atoms with Crippen molar-refractivity contribution in [2.24, 2.45) is 0 Å². The Morgan fingerprint density at radius 3 is 3.00 bits per heavy atom. The van der Waals surface area contributed by atoms with Gasteiger partial charge in [-0.1, -0.05) is 0 Å². The molecule has 0 aromatic carbocycles. The maximum absolute atomic E-state index is 5.90. The van der Waals surface area contributed by atoms with E-state index in [0.717, 1.165) is 18.5 Å². The van der Waals surface area contributed by atoms with Gasteiger partial charge in [0.05, 0.1) is 6.26 Å². The van der Waals surface area contributed by atoms with Gasteiger partial charge in [-0.05, 0) is 44.0 Å². The molecule has 2 heterocycles. The smallest absolute Gasteiger partial charge is 0.198 e. The molecule has 1 atom stereocenters. The van der Waals surface area contributed by atoms with Crippen molar-refractivity contribution in [2.75, 3.05) is 6.54 Å². The van der Waals surface area contributed by atoms with Crippen molar-refractivity contribution in [1.29, 1.82) is 0 Å². The first-order valence-corrected chi connectivity index (χ1v) is 4.59. The lowest BCUT2D eigenvalue weighted by Crippen LogP contribution is -2.32. The normalized spacial score (nSPS) is 29.5. The maximum Gasteiger partial charge on any atom is 0.198 e. The van der Waals surface area contributed by atoms with Crippen LogP contribution in [0.4, 0.5) is 0 Å². The fraction of sp³-hybridized carbons (Fsp3) is 0.556. The second-order valence-electron chi connectivity index (χ2n) is 3.47. The minimum atomic E-state index is 0.0318. The average molecular weight is 186 g/mol. The van der Waals surface area contributed by atoms with Gasteiger partial charge >= 0.3 is 0 Å². The van der Waals surface area contributed by atoms with E-state index in [-0.39, 0.29) is 5.54 Å². The van der Waals surface area contributed by atoms with Gasteiger partial charge < -0.3 is 9.73 Å². The molecule has 1 aromatic heterocycles. The van der Waals surface area contributed by atoms with E-state index in [1.807, 2.05) is 6.07 Å². The average Bonchev–Trinajstić information content (AvgIpc) is 2.59. The van der Waals surface area contributed by atoms with E-state index in [1.54, 1.807) is 6.26 Å². The molecule has 2 rings (SSSR count). The fourth-order valence-corrected chi connectivity index (χ4v) is 2.14. The van der Waals surface area contributed by atoms with E-state index in [9.17, 15) is 0 Å². The highest BCUT2D eigenvalue weighted by Crippen LogP contribution is 2.35. The zero-order valence-electron chi connectivity index (χ0n) is 7.06. The number of nitrogens with one attached hydrogen (secondary N) is 1. The molecule has 1 N–H and O–H groups in total. The molecule has 0 spiro atoms. The predicted octanol–water partition coefficient (Wildman–Crippen LogP) is 2.53. The Hall–Kier alpha value is -0.470. The molecule has 0 saturated carbocycles. The monoisotopic (exact) mass is 185 g/mol. The van der Waals surface area contributed by atoms with Gasteiger partial charge in [-0.25, -0.2) is 0 Å². The molecule has 66 valence electrons. The van der Waals surface area contributed by atoms with E-state index in [4.69, 9.17) is 16.0 Å². The summed E-state index contributed by atoms with van der Waals surface area (Å²) in [6.45, 7) is 3.23. The molecular formula is C9H12ClNO. The number of halogens is 1. The Bertz CT molecular complexity index is 276. The van der Waals surface area contributed by atoms with Gasteiger partial charge in [0.25, 0.3) is 0 Å². The second-order valence-corrected chi connectivity index (χ2v) is 3.81. The lowest BCUT2D eigenvalue weighted by molar-refractivity contribution is 0.427. The third-order valence-corrected chi connectivity index (χ3v) is 2.87. The van der Waals surface area contributed by atoms with E-state index in [2.05, 4.69) is 12.2 Å². The van der Waals surface area contributed by atoms with Gasteiger partial charge in [-0.15, -0.1) is 0 Å². The zero-order chi connectivity index (χ0) is 8.60. The Balaban J connectivity index is 2.34. The van der Waals surface area contributed by atoms with Crippen LogP contribution in [-0.4, -0.2) is 6.54 Å². The summed E-state index contributed by atoms with van der Waals surface area (Å²) in [5.74, 6) is 0. The summed E-state index contributed by atoms with van der Waals surface area (Å²) in [4.78, 5) is 0. The third kappa shape index (κ3) is 1.15. The van der Waals surface area contributed by atoms with Crippen molar-refractivity contribution in [1.82, 2.24) is 5.32 Å². The van der Waals surface area contributed by atoms with Gasteiger partial charge in [0, 0.05) is 11.1 Å². The van der Waals surface area contributed by atoms with Crippen LogP contribution in [0.15, 0.2) is 16.7 Å². The molecule has 12 heavy (non-hydrogen) atoms. The molecule has 1 fully saturated rings. The molecular weight excluding hydrogens is 174 g/mol. The molecule has 1 aliphatic rings. The number of hydrogen-bond acceptors (Lipinski definition) is 2. The Morgan fingerprint density at radius 1 is 1.67 bits per heavy atom. The van der Waals surface area contributed by atoms with Crippen molar-refractivity contribution in [2.45, 2.75) is 25.3 Å². The van der Waals surface area contributed by atoms with Crippen LogP contribution >= 0.6 is 11.6 Å². The van der Waals surface area contributed by atoms with E-state index >= 15 is 0 Å². The number of rotatable bonds is 1. The van der Waals surface area contributed by atoms with Crippen molar-refractivity contribution in [3.8, 4) is 0 Å². The Morgan fingerprint density at radius 2 is 2.50 bits per heavy atom. The van der Waals surface area contributed by atoms with Gasteiger partial charge in [-0.3, -0.25) is 0 Å². The summed E-state index contributed by atoms with van der Waals surface area (Å²) in [6, 6.07) is 1.95. The van der Waals surface area contributed by atoms with Crippen LogP contribution in [0.2, 0.25) is 5.22 Å². The van der Waals surface area contributed by atoms with Gasteiger partial charge in [0.2, 0.25) is 0 Å². The van der Waals surface area contributed by atoms with Crippen molar-refractivity contribution in [3.05, 3.63) is 23.1 Å². The molecule has 0 bridgehead atoms. The first-order valence-electron chi connectivity index (χ1n) is 4.21. The summed E-state index contributed by atoms with van der Waals surface area (Å²) in [5, 5.41) is 3.95. The zero-order valence-corrected chi connectivity index (χ0v) is 7.82. The molecule has 3 heteroatoms. The largest absolute Gasteiger partial charge is 0.453 e. The van der Waals surface area contributed by atoms with E-state index in [0.29, 0.717) is 5.22 Å². The highest BCUT2D eigenvalue weighted by atomic mass is 35.5. The fourth-order valence-electron chi connectivity index (χ4n) is 1.82. The van der Waals surface area contributed by atoms with Crippen LogP contribution in [0.1, 0.15) is 25.3 Å². The predicted molar refractivity (Wildman–Crippen MR) is 48.3 cm³/mol. The van der Waals surface area contributed by atoms with E-state index in [1.165, 1.54) is 6.42 Å². The van der Waals surface area contributed by atoms with Crippen LogP contribution in [0, 0.1) is 0 Å². The van der Waals surface area contributed by atoms with Crippen molar-refractivity contribution >= 4 is 11.6 Å². The molecule has 1 saturated heterocycles. The Kier molecular flexibility index (Phi) is 1.89. The summed E-state index contributed by atoms with van der Waals surface area (Å²) in [6.07, 6.45) is 3.98. The maximum atomic E-state index is 5.90.